The molecular weight excluding hydrogens is 277 g/mol. The van der Waals surface area contributed by atoms with E-state index in [1.54, 1.807) is 0 Å². The highest BCUT2D eigenvalue weighted by Crippen LogP contribution is 2.27. The van der Waals surface area contributed by atoms with Crippen molar-refractivity contribution in [3.63, 3.8) is 0 Å². The third-order valence-corrected chi connectivity index (χ3v) is 2.80. The van der Waals surface area contributed by atoms with E-state index in [1.807, 2.05) is 6.07 Å². The quantitative estimate of drug-likeness (QED) is 0.816. The number of carbonyl (C=O) groups is 1. The molecule has 0 spiro atoms. The van der Waals surface area contributed by atoms with Crippen molar-refractivity contribution in [2.75, 3.05) is 19.8 Å². The van der Waals surface area contributed by atoms with Crippen LogP contribution in [0.3, 0.4) is 0 Å². The predicted octanol–water partition coefficient (Wildman–Crippen LogP) is 0.842. The van der Waals surface area contributed by atoms with Crippen LogP contribution in [0.1, 0.15) is 5.56 Å². The van der Waals surface area contributed by atoms with Gasteiger partial charge in [0, 0.05) is 6.07 Å². The van der Waals surface area contributed by atoms with Gasteiger partial charge in [0.05, 0.1) is 18.3 Å². The number of quaternary nitrogens is 1. The van der Waals surface area contributed by atoms with Crippen molar-refractivity contribution in [2.45, 2.75) is 6.18 Å². The Morgan fingerprint density at radius 1 is 1.50 bits per heavy atom. The molecule has 0 aliphatic carbocycles. The van der Waals surface area contributed by atoms with Crippen LogP contribution >= 0.6 is 0 Å². The Morgan fingerprint density at radius 3 is 2.70 bits per heavy atom. The van der Waals surface area contributed by atoms with Crippen molar-refractivity contribution in [3.05, 3.63) is 23.9 Å². The van der Waals surface area contributed by atoms with Crippen LogP contribution in [0.25, 0.3) is 0 Å². The number of nitrogens with one attached hydrogen (secondary N) is 1. The fraction of sp³-hybridized carbons (Fsp3) is 0.364. The van der Waals surface area contributed by atoms with Crippen molar-refractivity contribution >= 4 is 11.8 Å². The third-order valence-electron chi connectivity index (χ3n) is 2.80. The number of alkyl halides is 3. The average molecular weight is 287 g/mol. The van der Waals surface area contributed by atoms with Crippen molar-refractivity contribution in [2.24, 2.45) is 0 Å². The molecule has 6 nitrogen and oxygen atoms in total. The lowest BCUT2D eigenvalue weighted by Gasteiger charge is -2.27. The molecule has 2 heterocycles. The number of aromatic nitrogens is 1. The van der Waals surface area contributed by atoms with E-state index in [0.29, 0.717) is 6.54 Å². The maximum absolute atomic E-state index is 12.3. The summed E-state index contributed by atoms with van der Waals surface area (Å²) in [5, 5.41) is 11.5. The summed E-state index contributed by atoms with van der Waals surface area (Å²) in [6.07, 6.45) is -3.85. The third kappa shape index (κ3) is 2.71. The first-order valence-electron chi connectivity index (χ1n) is 5.63. The van der Waals surface area contributed by atoms with Gasteiger partial charge >= 0.3 is 12.1 Å². The molecule has 0 saturated carbocycles. The second kappa shape index (κ2) is 5.07. The smallest absolute Gasteiger partial charge is 0.261 e. The zero-order chi connectivity index (χ0) is 14.8. The van der Waals surface area contributed by atoms with E-state index in [0.717, 1.165) is 0 Å². The lowest BCUT2D eigenvalue weighted by molar-refractivity contribution is -0.232. The highest BCUT2D eigenvalue weighted by Gasteiger charge is 2.50. The molecule has 106 valence electrons. The zero-order valence-corrected chi connectivity index (χ0v) is 10.1. The Kier molecular flexibility index (Phi) is 3.61. The Morgan fingerprint density at radius 2 is 2.25 bits per heavy atom. The molecule has 1 fully saturated rings. The SMILES string of the molecule is N#Cc1ccc([N+]2(OC(=O)C(F)(F)F)CCNC2)nc1. The summed E-state index contributed by atoms with van der Waals surface area (Å²) < 4.78 is 36.3. The molecule has 0 amide bonds. The van der Waals surface area contributed by atoms with Gasteiger partial charge in [-0.3, -0.25) is 10.2 Å². The van der Waals surface area contributed by atoms with Crippen LogP contribution in [0.15, 0.2) is 18.3 Å². The van der Waals surface area contributed by atoms with E-state index < -0.39 is 16.8 Å². The molecule has 1 unspecified atom stereocenters. The number of pyridine rings is 1. The second-order valence-corrected chi connectivity index (χ2v) is 4.16. The molecule has 0 bridgehead atoms. The Hall–Kier alpha value is -2.18. The summed E-state index contributed by atoms with van der Waals surface area (Å²) in [7, 11) is 0. The van der Waals surface area contributed by atoms with Gasteiger partial charge in [0.25, 0.3) is 5.82 Å². The lowest BCUT2D eigenvalue weighted by atomic mass is 10.3. The molecule has 1 aliphatic heterocycles. The molecule has 1 saturated heterocycles. The first kappa shape index (κ1) is 14.2. The fourth-order valence-electron chi connectivity index (χ4n) is 1.82. The largest absolute Gasteiger partial charge is 0.497 e. The summed E-state index contributed by atoms with van der Waals surface area (Å²) in [4.78, 5) is 19.5. The number of hydrogen-bond donors (Lipinski definition) is 1. The minimum Gasteiger partial charge on any atom is -0.261 e. The van der Waals surface area contributed by atoms with Crippen LogP contribution in [0, 0.1) is 11.3 Å². The molecule has 0 radical (unpaired) electrons. The molecule has 0 aromatic carbocycles. The molecule has 1 atom stereocenters. The molecule has 1 N–H and O–H groups in total. The van der Waals surface area contributed by atoms with E-state index >= 15 is 0 Å². The van der Waals surface area contributed by atoms with Crippen molar-refractivity contribution < 1.29 is 22.8 Å². The highest BCUT2D eigenvalue weighted by molar-refractivity contribution is 5.76. The molecule has 1 aromatic rings. The number of carbonyl (C=O) groups excluding carboxylic acids is 1. The van der Waals surface area contributed by atoms with Gasteiger partial charge in [0.15, 0.2) is 6.67 Å². The van der Waals surface area contributed by atoms with Crippen LogP contribution < -0.4 is 9.96 Å². The number of rotatable bonds is 2. The molecule has 1 aliphatic rings. The van der Waals surface area contributed by atoms with Gasteiger partial charge < -0.3 is 0 Å². The topological polar surface area (TPSA) is 75.0 Å². The van der Waals surface area contributed by atoms with Gasteiger partial charge in [-0.2, -0.15) is 18.4 Å². The Labute approximate surface area is 111 Å². The number of halogens is 3. The summed E-state index contributed by atoms with van der Waals surface area (Å²) in [6.45, 7) is 0.494. The van der Waals surface area contributed by atoms with Crippen LogP contribution in [-0.2, 0) is 9.63 Å². The lowest BCUT2D eigenvalue weighted by Crippen LogP contribution is -2.52. The predicted molar refractivity (Wildman–Crippen MR) is 60.6 cm³/mol. The van der Waals surface area contributed by atoms with Crippen LogP contribution in [0.4, 0.5) is 19.0 Å². The monoisotopic (exact) mass is 287 g/mol. The Bertz CT molecular complexity index is 544. The van der Waals surface area contributed by atoms with Crippen LogP contribution in [0.5, 0.6) is 0 Å². The van der Waals surface area contributed by atoms with Crippen LogP contribution in [0.2, 0.25) is 0 Å². The second-order valence-electron chi connectivity index (χ2n) is 4.16. The molecule has 2 rings (SSSR count). The van der Waals surface area contributed by atoms with E-state index in [-0.39, 0.29) is 24.6 Å². The highest BCUT2D eigenvalue weighted by atomic mass is 19.4. The van der Waals surface area contributed by atoms with Gasteiger partial charge in [-0.15, -0.1) is 0 Å². The van der Waals surface area contributed by atoms with Crippen molar-refractivity contribution in [3.8, 4) is 6.07 Å². The standard InChI is InChI=1S/C11H10F3N4O2/c12-11(13,14)10(19)20-18(4-3-16-7-18)9-2-1-8(5-15)6-17-9/h1-2,6,16H,3-4,7H2/q+1. The average Bonchev–Trinajstić information content (AvgIpc) is 2.87. The molecule has 20 heavy (non-hydrogen) atoms. The van der Waals surface area contributed by atoms with Gasteiger partial charge in [-0.1, -0.05) is 4.65 Å². The van der Waals surface area contributed by atoms with Crippen molar-refractivity contribution in [1.82, 2.24) is 14.9 Å². The van der Waals surface area contributed by atoms with E-state index in [1.165, 1.54) is 18.3 Å². The maximum atomic E-state index is 12.3. The zero-order valence-electron chi connectivity index (χ0n) is 10.1. The Balaban J connectivity index is 2.30. The van der Waals surface area contributed by atoms with E-state index in [9.17, 15) is 18.0 Å². The van der Waals surface area contributed by atoms with Crippen molar-refractivity contribution in [1.29, 1.82) is 5.26 Å². The number of hydrogen-bond acceptors (Lipinski definition) is 5. The van der Waals surface area contributed by atoms with E-state index in [4.69, 9.17) is 5.26 Å². The summed E-state index contributed by atoms with van der Waals surface area (Å²) in [6, 6.07) is 4.62. The minimum atomic E-state index is -5.07. The van der Waals surface area contributed by atoms with Crippen LogP contribution in [-0.4, -0.2) is 36.9 Å². The molecule has 1 aromatic heterocycles. The summed E-state index contributed by atoms with van der Waals surface area (Å²) in [5.74, 6) is -2.14. The number of nitrogens with zero attached hydrogens (tertiary/aromatic N) is 3. The summed E-state index contributed by atoms with van der Waals surface area (Å²) in [5.41, 5.74) is 0.265. The maximum Gasteiger partial charge on any atom is 0.497 e. The number of nitriles is 1. The first-order chi connectivity index (χ1) is 9.37. The summed E-state index contributed by atoms with van der Waals surface area (Å²) >= 11 is 0. The van der Waals surface area contributed by atoms with Gasteiger partial charge in [-0.05, 0) is 6.07 Å². The number of hydroxylamine groups is 2. The van der Waals surface area contributed by atoms with Gasteiger partial charge in [-0.25, -0.2) is 9.78 Å². The fourth-order valence-corrected chi connectivity index (χ4v) is 1.82. The molecular formula is C11H10F3N4O2+. The molecule has 9 heteroatoms. The van der Waals surface area contributed by atoms with Gasteiger partial charge in [0.1, 0.15) is 12.6 Å². The van der Waals surface area contributed by atoms with Gasteiger partial charge in [0.2, 0.25) is 0 Å². The minimum absolute atomic E-state index is 0.0132. The normalized spacial score (nSPS) is 22.3. The van der Waals surface area contributed by atoms with E-state index in [2.05, 4.69) is 15.1 Å². The first-order valence-corrected chi connectivity index (χ1v) is 5.63.